The smallest absolute Gasteiger partial charge is 0.137 e. The molecule has 0 saturated carbocycles. The molecule has 0 saturated heterocycles. The lowest BCUT2D eigenvalue weighted by atomic mass is 10.2. The Morgan fingerprint density at radius 1 is 1.47 bits per heavy atom. The van der Waals surface area contributed by atoms with Crippen molar-refractivity contribution in [2.24, 2.45) is 0 Å². The van der Waals surface area contributed by atoms with E-state index in [4.69, 9.17) is 22.1 Å². The molecule has 0 N–H and O–H groups in total. The molecular formula is C11H10ClN3. The summed E-state index contributed by atoms with van der Waals surface area (Å²) in [5.74, 6) is 0. The largest absolute Gasteiger partial charge is 0.372 e. The first-order chi connectivity index (χ1) is 7.17. The molecule has 3 nitrogen and oxygen atoms in total. The molecule has 4 heteroatoms. The van der Waals surface area contributed by atoms with E-state index >= 15 is 0 Å². The van der Waals surface area contributed by atoms with E-state index in [-0.39, 0.29) is 0 Å². The first kappa shape index (κ1) is 11.4. The number of alkyl halides is 1. The first-order valence-electron chi connectivity index (χ1n) is 4.42. The third-order valence-electron chi connectivity index (χ3n) is 1.99. The van der Waals surface area contributed by atoms with Crippen LogP contribution in [-0.4, -0.2) is 19.0 Å². The summed E-state index contributed by atoms with van der Waals surface area (Å²) in [7, 11) is 1.84. The van der Waals surface area contributed by atoms with Crippen molar-refractivity contribution in [3.63, 3.8) is 0 Å². The van der Waals surface area contributed by atoms with Crippen LogP contribution in [0.25, 0.3) is 0 Å². The van der Waals surface area contributed by atoms with Crippen LogP contribution in [0.1, 0.15) is 5.56 Å². The lowest BCUT2D eigenvalue weighted by Gasteiger charge is -2.19. The molecule has 1 aromatic rings. The topological polar surface area (TPSA) is 50.8 Å². The molecule has 76 valence electrons. The Morgan fingerprint density at radius 3 is 2.80 bits per heavy atom. The average molecular weight is 220 g/mol. The fraction of sp³-hybridized carbons (Fsp3) is 0.273. The first-order valence-corrected chi connectivity index (χ1v) is 4.86. The molecule has 0 aromatic heterocycles. The van der Waals surface area contributed by atoms with Gasteiger partial charge in [0.15, 0.2) is 0 Å². The molecule has 15 heavy (non-hydrogen) atoms. The van der Waals surface area contributed by atoms with Crippen LogP contribution in [0.2, 0.25) is 0 Å². The highest BCUT2D eigenvalue weighted by Crippen LogP contribution is 2.15. The summed E-state index contributed by atoms with van der Waals surface area (Å²) in [4.78, 5) is 1.85. The van der Waals surface area contributed by atoms with Crippen LogP contribution in [0.15, 0.2) is 24.3 Å². The van der Waals surface area contributed by atoms with Crippen LogP contribution in [-0.2, 0) is 0 Å². The van der Waals surface area contributed by atoms with Gasteiger partial charge in [0.2, 0.25) is 0 Å². The number of hydrogen-bond acceptors (Lipinski definition) is 3. The average Bonchev–Trinajstić information content (AvgIpc) is 2.28. The molecule has 0 aliphatic rings. The van der Waals surface area contributed by atoms with Crippen LogP contribution in [0.4, 0.5) is 5.69 Å². The highest BCUT2D eigenvalue weighted by atomic mass is 35.5. The summed E-state index contributed by atoms with van der Waals surface area (Å²) in [6.07, 6.45) is 0. The minimum Gasteiger partial charge on any atom is -0.372 e. The molecule has 1 atom stereocenters. The molecule has 0 spiro atoms. The second kappa shape index (κ2) is 5.24. The van der Waals surface area contributed by atoms with Crippen molar-refractivity contribution in [3.8, 4) is 12.1 Å². The second-order valence-corrected chi connectivity index (χ2v) is 3.67. The van der Waals surface area contributed by atoms with Gasteiger partial charge in [0.1, 0.15) is 5.38 Å². The Labute approximate surface area is 94.1 Å². The van der Waals surface area contributed by atoms with Gasteiger partial charge in [0.25, 0.3) is 0 Å². The number of benzene rings is 1. The number of nitriles is 2. The fourth-order valence-corrected chi connectivity index (χ4v) is 1.41. The monoisotopic (exact) mass is 219 g/mol. The maximum absolute atomic E-state index is 8.72. The van der Waals surface area contributed by atoms with E-state index in [1.54, 1.807) is 18.2 Å². The van der Waals surface area contributed by atoms with E-state index in [9.17, 15) is 0 Å². The molecule has 0 radical (unpaired) electrons. The Kier molecular flexibility index (Phi) is 3.97. The summed E-state index contributed by atoms with van der Waals surface area (Å²) in [6, 6.07) is 11.2. The maximum atomic E-state index is 8.72. The third kappa shape index (κ3) is 3.16. The summed E-state index contributed by atoms with van der Waals surface area (Å²) in [5.41, 5.74) is 1.48. The summed E-state index contributed by atoms with van der Waals surface area (Å²) < 4.78 is 0. The quantitative estimate of drug-likeness (QED) is 0.732. The summed E-state index contributed by atoms with van der Waals surface area (Å²) >= 11 is 5.72. The zero-order valence-corrected chi connectivity index (χ0v) is 9.07. The van der Waals surface area contributed by atoms with Crippen LogP contribution < -0.4 is 4.90 Å². The zero-order chi connectivity index (χ0) is 11.3. The van der Waals surface area contributed by atoms with Crippen molar-refractivity contribution in [1.29, 1.82) is 10.5 Å². The van der Waals surface area contributed by atoms with Crippen molar-refractivity contribution >= 4 is 17.3 Å². The van der Waals surface area contributed by atoms with Crippen molar-refractivity contribution in [2.75, 3.05) is 18.5 Å². The van der Waals surface area contributed by atoms with Crippen LogP contribution in [0, 0.1) is 22.7 Å². The van der Waals surface area contributed by atoms with Gasteiger partial charge in [-0.15, -0.1) is 11.6 Å². The standard InChI is InChI=1S/C11H10ClN3/c1-15(8-10(12)7-14)11-4-2-3-9(5-11)6-13/h2-5,10H,8H2,1H3. The summed E-state index contributed by atoms with van der Waals surface area (Å²) in [6.45, 7) is 0.437. The molecule has 0 fully saturated rings. The minimum atomic E-state index is -0.541. The van der Waals surface area contributed by atoms with E-state index in [1.807, 2.05) is 24.1 Å². The molecule has 1 aromatic carbocycles. The molecule has 1 unspecified atom stereocenters. The third-order valence-corrected chi connectivity index (χ3v) is 2.23. The van der Waals surface area contributed by atoms with Gasteiger partial charge in [-0.05, 0) is 18.2 Å². The Hall–Kier alpha value is -1.71. The molecule has 0 heterocycles. The van der Waals surface area contributed by atoms with E-state index < -0.39 is 5.38 Å². The van der Waals surface area contributed by atoms with Gasteiger partial charge in [-0.3, -0.25) is 0 Å². The van der Waals surface area contributed by atoms with E-state index in [2.05, 4.69) is 6.07 Å². The highest BCUT2D eigenvalue weighted by Gasteiger charge is 2.07. The fourth-order valence-electron chi connectivity index (χ4n) is 1.20. The summed E-state index contributed by atoms with van der Waals surface area (Å²) in [5, 5.41) is 16.8. The van der Waals surface area contributed by atoms with Gasteiger partial charge < -0.3 is 4.90 Å². The lowest BCUT2D eigenvalue weighted by Crippen LogP contribution is -2.24. The van der Waals surface area contributed by atoms with E-state index in [0.717, 1.165) is 5.69 Å². The number of nitrogens with zero attached hydrogens (tertiary/aromatic N) is 3. The van der Waals surface area contributed by atoms with Crippen LogP contribution in [0.3, 0.4) is 0 Å². The van der Waals surface area contributed by atoms with Gasteiger partial charge in [-0.1, -0.05) is 6.07 Å². The Morgan fingerprint density at radius 2 is 2.20 bits per heavy atom. The maximum Gasteiger partial charge on any atom is 0.137 e. The number of hydrogen-bond donors (Lipinski definition) is 0. The van der Waals surface area contributed by atoms with Crippen LogP contribution >= 0.6 is 11.6 Å². The molecule has 1 rings (SSSR count). The SMILES string of the molecule is CN(CC(Cl)C#N)c1cccc(C#N)c1. The molecular weight excluding hydrogens is 210 g/mol. The van der Waals surface area contributed by atoms with Gasteiger partial charge in [-0.25, -0.2) is 0 Å². The lowest BCUT2D eigenvalue weighted by molar-refractivity contribution is 0.910. The predicted molar refractivity (Wildman–Crippen MR) is 59.7 cm³/mol. The van der Waals surface area contributed by atoms with Crippen molar-refractivity contribution < 1.29 is 0 Å². The number of anilines is 1. The van der Waals surface area contributed by atoms with Crippen molar-refractivity contribution in [1.82, 2.24) is 0 Å². The van der Waals surface area contributed by atoms with Crippen molar-refractivity contribution in [3.05, 3.63) is 29.8 Å². The van der Waals surface area contributed by atoms with Gasteiger partial charge in [0, 0.05) is 19.3 Å². The molecule has 0 aliphatic heterocycles. The number of halogens is 1. The van der Waals surface area contributed by atoms with Gasteiger partial charge in [0.05, 0.1) is 17.7 Å². The normalized spacial score (nSPS) is 11.2. The molecule has 0 bridgehead atoms. The van der Waals surface area contributed by atoms with Gasteiger partial charge >= 0.3 is 0 Å². The predicted octanol–water partition coefficient (Wildman–Crippen LogP) is 2.13. The minimum absolute atomic E-state index is 0.437. The highest BCUT2D eigenvalue weighted by molar-refractivity contribution is 6.22. The molecule has 0 amide bonds. The number of rotatable bonds is 3. The van der Waals surface area contributed by atoms with Crippen molar-refractivity contribution in [2.45, 2.75) is 5.38 Å². The van der Waals surface area contributed by atoms with E-state index in [1.165, 1.54) is 0 Å². The second-order valence-electron chi connectivity index (χ2n) is 3.14. The van der Waals surface area contributed by atoms with E-state index in [0.29, 0.717) is 12.1 Å². The van der Waals surface area contributed by atoms with Crippen LogP contribution in [0.5, 0.6) is 0 Å². The Bertz CT molecular complexity index is 417. The Balaban J connectivity index is 2.79. The zero-order valence-electron chi connectivity index (χ0n) is 8.31. The molecule has 0 aliphatic carbocycles. The van der Waals surface area contributed by atoms with Gasteiger partial charge in [-0.2, -0.15) is 10.5 Å².